The van der Waals surface area contributed by atoms with Crippen molar-refractivity contribution in [3.63, 3.8) is 0 Å². The molecule has 1 aliphatic heterocycles. The topological polar surface area (TPSA) is 59.1 Å². The van der Waals surface area contributed by atoms with Crippen LogP contribution in [-0.2, 0) is 14.8 Å². The second kappa shape index (κ2) is 7.66. The van der Waals surface area contributed by atoms with Crippen LogP contribution in [0, 0.1) is 6.92 Å². The molecule has 6 heteroatoms. The maximum absolute atomic E-state index is 13.7. The maximum atomic E-state index is 13.7. The van der Waals surface area contributed by atoms with Gasteiger partial charge < -0.3 is 9.47 Å². The van der Waals surface area contributed by atoms with Crippen molar-refractivity contribution in [1.82, 2.24) is 0 Å². The third-order valence-corrected chi connectivity index (χ3v) is 6.22. The molecule has 0 N–H and O–H groups in total. The number of hydrogen-bond donors (Lipinski definition) is 0. The van der Waals surface area contributed by atoms with E-state index in [9.17, 15) is 8.42 Å². The van der Waals surface area contributed by atoms with Crippen LogP contribution in [-0.4, -0.2) is 27.7 Å². The fraction of sp³-hybridized carbons (Fsp3) is 0.182. The molecule has 0 amide bonds. The van der Waals surface area contributed by atoms with Crippen LogP contribution in [0.3, 0.4) is 0 Å². The number of rotatable bonds is 7. The molecule has 3 aromatic carbocycles. The lowest BCUT2D eigenvalue weighted by molar-refractivity contribution is 0.258. The number of aryl methyl sites for hydroxylation is 1. The molecule has 1 fully saturated rings. The van der Waals surface area contributed by atoms with Gasteiger partial charge in [-0.1, -0.05) is 42.5 Å². The fourth-order valence-corrected chi connectivity index (χ4v) is 4.59. The van der Waals surface area contributed by atoms with Crippen molar-refractivity contribution in [3.05, 3.63) is 84.4 Å². The van der Waals surface area contributed by atoms with E-state index in [0.717, 1.165) is 5.56 Å². The van der Waals surface area contributed by atoms with Gasteiger partial charge in [-0.15, -0.1) is 0 Å². The number of benzene rings is 3. The van der Waals surface area contributed by atoms with Crippen molar-refractivity contribution in [2.75, 3.05) is 17.5 Å². The summed E-state index contributed by atoms with van der Waals surface area (Å²) in [5.74, 6) is 0.326. The average Bonchev–Trinajstić information content (AvgIpc) is 3.52. The molecule has 5 nitrogen and oxygen atoms in total. The Hall–Kier alpha value is -2.83. The lowest BCUT2D eigenvalue weighted by atomic mass is 10.2. The van der Waals surface area contributed by atoms with Crippen LogP contribution in [0.1, 0.15) is 5.56 Å². The van der Waals surface area contributed by atoms with Crippen molar-refractivity contribution < 1.29 is 17.9 Å². The highest BCUT2D eigenvalue weighted by molar-refractivity contribution is 7.93. The van der Waals surface area contributed by atoms with Crippen LogP contribution in [0.4, 0.5) is 11.4 Å². The Morgan fingerprint density at radius 2 is 1.64 bits per heavy atom. The van der Waals surface area contributed by atoms with Gasteiger partial charge in [0.25, 0.3) is 10.0 Å². The molecule has 1 atom stereocenters. The SMILES string of the molecule is Cc1cccc(N(c2ccccc2)S(=O)(=O)c2ccccc2OCC2CO2)c1. The van der Waals surface area contributed by atoms with Crippen LogP contribution in [0.5, 0.6) is 5.75 Å². The highest BCUT2D eigenvalue weighted by Crippen LogP contribution is 2.36. The molecule has 0 saturated carbocycles. The molecule has 4 rings (SSSR count). The molecule has 0 bridgehead atoms. The van der Waals surface area contributed by atoms with Gasteiger partial charge in [-0.2, -0.15) is 0 Å². The van der Waals surface area contributed by atoms with Crippen LogP contribution < -0.4 is 9.04 Å². The first-order chi connectivity index (χ1) is 13.6. The van der Waals surface area contributed by atoms with Gasteiger partial charge >= 0.3 is 0 Å². The van der Waals surface area contributed by atoms with E-state index >= 15 is 0 Å². The largest absolute Gasteiger partial charge is 0.489 e. The average molecular weight is 395 g/mol. The number of nitrogens with zero attached hydrogens (tertiary/aromatic N) is 1. The molecule has 144 valence electrons. The number of para-hydroxylation sites is 2. The van der Waals surface area contributed by atoms with Crippen LogP contribution >= 0.6 is 0 Å². The highest BCUT2D eigenvalue weighted by Gasteiger charge is 2.31. The summed E-state index contributed by atoms with van der Waals surface area (Å²) in [6.07, 6.45) is 0.0396. The predicted molar refractivity (Wildman–Crippen MR) is 109 cm³/mol. The van der Waals surface area contributed by atoms with Gasteiger partial charge in [0, 0.05) is 0 Å². The quantitative estimate of drug-likeness (QED) is 0.560. The summed E-state index contributed by atoms with van der Waals surface area (Å²) in [6, 6.07) is 23.2. The Balaban J connectivity index is 1.81. The third-order valence-electron chi connectivity index (χ3n) is 4.42. The normalized spacial score (nSPS) is 15.8. The standard InChI is InChI=1S/C22H21NO4S/c1-17-8-7-11-19(14-17)23(18-9-3-2-4-10-18)28(24,25)22-13-6-5-12-21(22)27-16-20-15-26-20/h2-14,20H,15-16H2,1H3. The summed E-state index contributed by atoms with van der Waals surface area (Å²) in [5.41, 5.74) is 2.11. The van der Waals surface area contributed by atoms with Crippen LogP contribution in [0.15, 0.2) is 83.8 Å². The van der Waals surface area contributed by atoms with Gasteiger partial charge in [0.05, 0.1) is 18.0 Å². The smallest absolute Gasteiger partial charge is 0.272 e. The van der Waals surface area contributed by atoms with Crippen molar-refractivity contribution in [2.45, 2.75) is 17.9 Å². The second-order valence-electron chi connectivity index (χ2n) is 6.66. The minimum absolute atomic E-state index is 0.0396. The summed E-state index contributed by atoms with van der Waals surface area (Å²) in [6.45, 7) is 2.92. The van der Waals surface area contributed by atoms with Gasteiger partial charge in [0.1, 0.15) is 23.4 Å². The zero-order valence-electron chi connectivity index (χ0n) is 15.5. The molecule has 0 spiro atoms. The lowest BCUT2D eigenvalue weighted by Gasteiger charge is -2.26. The summed E-state index contributed by atoms with van der Waals surface area (Å²) in [7, 11) is -3.91. The predicted octanol–water partition coefficient (Wildman–Crippen LogP) is 4.30. The number of hydrogen-bond acceptors (Lipinski definition) is 4. The Morgan fingerprint density at radius 1 is 0.964 bits per heavy atom. The molecule has 0 aromatic heterocycles. The number of ether oxygens (including phenoxy) is 2. The van der Waals surface area contributed by atoms with E-state index in [1.807, 2.05) is 43.3 Å². The fourth-order valence-electron chi connectivity index (χ4n) is 2.97. The first kappa shape index (κ1) is 18.5. The zero-order chi connectivity index (χ0) is 19.6. The highest BCUT2D eigenvalue weighted by atomic mass is 32.2. The van der Waals surface area contributed by atoms with Crippen molar-refractivity contribution in [3.8, 4) is 5.75 Å². The summed E-state index contributed by atoms with van der Waals surface area (Å²) >= 11 is 0. The molecular weight excluding hydrogens is 374 g/mol. The van der Waals surface area contributed by atoms with E-state index in [2.05, 4.69) is 0 Å². The van der Waals surface area contributed by atoms with E-state index in [0.29, 0.717) is 30.3 Å². The van der Waals surface area contributed by atoms with Gasteiger partial charge in [0.15, 0.2) is 0 Å². The number of anilines is 2. The first-order valence-corrected chi connectivity index (χ1v) is 10.5. The number of epoxide rings is 1. The van der Waals surface area contributed by atoms with Crippen LogP contribution in [0.2, 0.25) is 0 Å². The van der Waals surface area contributed by atoms with Gasteiger partial charge in [0.2, 0.25) is 0 Å². The minimum Gasteiger partial charge on any atom is -0.489 e. The van der Waals surface area contributed by atoms with Crippen molar-refractivity contribution >= 4 is 21.4 Å². The Bertz CT molecular complexity index is 1060. The molecule has 0 aliphatic carbocycles. The Morgan fingerprint density at radius 3 is 2.36 bits per heavy atom. The van der Waals surface area contributed by atoms with Crippen molar-refractivity contribution in [2.24, 2.45) is 0 Å². The molecule has 28 heavy (non-hydrogen) atoms. The molecular formula is C22H21NO4S. The lowest BCUT2D eigenvalue weighted by Crippen LogP contribution is -2.27. The van der Waals surface area contributed by atoms with E-state index < -0.39 is 10.0 Å². The summed E-state index contributed by atoms with van der Waals surface area (Å²) in [5, 5.41) is 0. The molecule has 1 saturated heterocycles. The zero-order valence-corrected chi connectivity index (χ0v) is 16.3. The monoisotopic (exact) mass is 395 g/mol. The third kappa shape index (κ3) is 3.88. The molecule has 1 unspecified atom stereocenters. The van der Waals surface area contributed by atoms with Gasteiger partial charge in [-0.3, -0.25) is 0 Å². The molecule has 0 radical (unpaired) electrons. The van der Waals surface area contributed by atoms with E-state index in [1.165, 1.54) is 4.31 Å². The summed E-state index contributed by atoms with van der Waals surface area (Å²) in [4.78, 5) is 0.126. The summed E-state index contributed by atoms with van der Waals surface area (Å²) < 4.78 is 39.8. The van der Waals surface area contributed by atoms with E-state index in [1.54, 1.807) is 42.5 Å². The van der Waals surface area contributed by atoms with Crippen LogP contribution in [0.25, 0.3) is 0 Å². The molecule has 1 aliphatic rings. The van der Waals surface area contributed by atoms with Gasteiger partial charge in [-0.05, 0) is 48.9 Å². The Labute approximate surface area is 165 Å². The Kier molecular flexibility index (Phi) is 5.07. The maximum Gasteiger partial charge on any atom is 0.272 e. The van der Waals surface area contributed by atoms with E-state index in [4.69, 9.17) is 9.47 Å². The first-order valence-electron chi connectivity index (χ1n) is 9.06. The minimum atomic E-state index is -3.91. The second-order valence-corrected chi connectivity index (χ2v) is 8.41. The van der Waals surface area contributed by atoms with Crippen molar-refractivity contribution in [1.29, 1.82) is 0 Å². The number of sulfonamides is 1. The van der Waals surface area contributed by atoms with Gasteiger partial charge in [-0.25, -0.2) is 12.7 Å². The molecule has 1 heterocycles. The van der Waals surface area contributed by atoms with E-state index in [-0.39, 0.29) is 11.0 Å². The molecule has 3 aromatic rings.